The second-order valence-electron chi connectivity index (χ2n) is 7.83. The lowest BCUT2D eigenvalue weighted by molar-refractivity contribution is -0.113. The smallest absolute Gasteiger partial charge is 0.157 e. The Balaban J connectivity index is 2.35. The fourth-order valence-electron chi connectivity index (χ4n) is 4.14. The van der Waals surface area contributed by atoms with Gasteiger partial charge in [-0.15, -0.1) is 0 Å². The molecule has 0 N–H and O–H groups in total. The fraction of sp³-hybridized carbons (Fsp3) is 0.346. The highest BCUT2D eigenvalue weighted by Crippen LogP contribution is 2.45. The standard InChI is InChI=1S/C26H28N2O2/c1-6-12-30-22-9-7-8-16(2)26-25(22)24(23(19(5)29)18(4)15-28-26)21-11-10-20(14-27)13-17(21)3/h8-11,13,15,24H,6-7,12H2,1-5H3. The van der Waals surface area contributed by atoms with Crippen molar-refractivity contribution in [3.63, 3.8) is 0 Å². The van der Waals surface area contributed by atoms with Gasteiger partial charge in [0.2, 0.25) is 0 Å². The van der Waals surface area contributed by atoms with E-state index < -0.39 is 0 Å². The lowest BCUT2D eigenvalue weighted by atomic mass is 9.77. The number of ketones is 1. The molecule has 1 unspecified atom stereocenters. The number of nitrogens with zero attached hydrogens (tertiary/aromatic N) is 2. The van der Waals surface area contributed by atoms with Crippen LogP contribution in [-0.2, 0) is 9.53 Å². The van der Waals surface area contributed by atoms with E-state index in [9.17, 15) is 10.1 Å². The highest BCUT2D eigenvalue weighted by molar-refractivity contribution is 6.02. The predicted octanol–water partition coefficient (Wildman–Crippen LogP) is 5.85. The molecule has 1 aromatic rings. The number of Topliss-reactive ketones (excluding diaryl/α,β-unsaturated/α-hetero) is 1. The van der Waals surface area contributed by atoms with E-state index >= 15 is 0 Å². The van der Waals surface area contributed by atoms with Gasteiger partial charge in [-0.2, -0.15) is 5.26 Å². The zero-order chi connectivity index (χ0) is 21.8. The van der Waals surface area contributed by atoms with E-state index in [1.807, 2.05) is 32.0 Å². The van der Waals surface area contributed by atoms with Gasteiger partial charge in [0.15, 0.2) is 5.78 Å². The predicted molar refractivity (Wildman–Crippen MR) is 120 cm³/mol. The zero-order valence-electron chi connectivity index (χ0n) is 18.4. The van der Waals surface area contributed by atoms with Crippen molar-refractivity contribution in [2.45, 2.75) is 53.4 Å². The van der Waals surface area contributed by atoms with Crippen molar-refractivity contribution in [3.05, 3.63) is 80.8 Å². The van der Waals surface area contributed by atoms with E-state index in [4.69, 9.17) is 9.73 Å². The van der Waals surface area contributed by atoms with Crippen LogP contribution in [0.15, 0.2) is 69.1 Å². The number of rotatable bonds is 5. The summed E-state index contributed by atoms with van der Waals surface area (Å²) in [7, 11) is 0. The Bertz CT molecular complexity index is 1070. The number of carbonyl (C=O) groups is 1. The van der Waals surface area contributed by atoms with Crippen molar-refractivity contribution in [1.82, 2.24) is 0 Å². The molecule has 1 aliphatic carbocycles. The van der Waals surface area contributed by atoms with Crippen LogP contribution in [-0.4, -0.2) is 18.6 Å². The highest BCUT2D eigenvalue weighted by Gasteiger charge is 2.34. The third-order valence-electron chi connectivity index (χ3n) is 5.56. The lowest BCUT2D eigenvalue weighted by Gasteiger charge is -2.27. The average Bonchev–Trinajstić information content (AvgIpc) is 2.96. The van der Waals surface area contributed by atoms with Crippen LogP contribution in [0.4, 0.5) is 0 Å². The number of allylic oxidation sites excluding steroid dienone is 6. The number of nitriles is 1. The Morgan fingerprint density at radius 2 is 2.03 bits per heavy atom. The number of aryl methyl sites for hydroxylation is 1. The van der Waals surface area contributed by atoms with Crippen molar-refractivity contribution in [1.29, 1.82) is 5.26 Å². The molecule has 1 aliphatic heterocycles. The summed E-state index contributed by atoms with van der Waals surface area (Å²) in [6, 6.07) is 7.86. The molecule has 0 saturated carbocycles. The Morgan fingerprint density at radius 1 is 1.27 bits per heavy atom. The minimum Gasteiger partial charge on any atom is -0.494 e. The first-order chi connectivity index (χ1) is 14.4. The molecule has 30 heavy (non-hydrogen) atoms. The zero-order valence-corrected chi connectivity index (χ0v) is 18.4. The van der Waals surface area contributed by atoms with E-state index in [1.54, 1.807) is 13.1 Å². The number of hydrogen-bond donors (Lipinski definition) is 0. The molecule has 1 atom stereocenters. The summed E-state index contributed by atoms with van der Waals surface area (Å²) >= 11 is 0. The van der Waals surface area contributed by atoms with Gasteiger partial charge in [0.1, 0.15) is 5.76 Å². The normalized spacial score (nSPS) is 18.7. The van der Waals surface area contributed by atoms with Gasteiger partial charge in [-0.25, -0.2) is 0 Å². The van der Waals surface area contributed by atoms with Gasteiger partial charge in [0.25, 0.3) is 0 Å². The molecule has 1 heterocycles. The number of benzene rings is 1. The maximum absolute atomic E-state index is 12.9. The Hall–Kier alpha value is -3.19. The van der Waals surface area contributed by atoms with E-state index in [2.05, 4.69) is 32.1 Å². The summed E-state index contributed by atoms with van der Waals surface area (Å²) in [4.78, 5) is 17.7. The molecule has 4 heteroatoms. The van der Waals surface area contributed by atoms with Crippen LogP contribution in [0.3, 0.4) is 0 Å². The number of hydrogen-bond acceptors (Lipinski definition) is 4. The third-order valence-corrected chi connectivity index (χ3v) is 5.56. The quantitative estimate of drug-likeness (QED) is 0.622. The molecule has 0 saturated heterocycles. The Morgan fingerprint density at radius 3 is 2.67 bits per heavy atom. The number of carbonyl (C=O) groups excluding carboxylic acids is 1. The second-order valence-corrected chi connectivity index (χ2v) is 7.83. The molecule has 1 aromatic carbocycles. The first kappa shape index (κ1) is 21.5. The van der Waals surface area contributed by atoms with Crippen molar-refractivity contribution in [2.75, 3.05) is 6.61 Å². The van der Waals surface area contributed by atoms with Gasteiger partial charge in [-0.3, -0.25) is 9.79 Å². The largest absolute Gasteiger partial charge is 0.494 e. The van der Waals surface area contributed by atoms with Gasteiger partial charge in [-0.1, -0.05) is 19.1 Å². The molecule has 4 nitrogen and oxygen atoms in total. The Kier molecular flexibility index (Phi) is 6.52. The first-order valence-electron chi connectivity index (χ1n) is 10.4. The van der Waals surface area contributed by atoms with Gasteiger partial charge >= 0.3 is 0 Å². The van der Waals surface area contributed by atoms with Crippen LogP contribution in [0.2, 0.25) is 0 Å². The molecule has 154 valence electrons. The van der Waals surface area contributed by atoms with E-state index in [0.717, 1.165) is 57.7 Å². The van der Waals surface area contributed by atoms with Crippen molar-refractivity contribution >= 4 is 12.0 Å². The van der Waals surface area contributed by atoms with E-state index in [-0.39, 0.29) is 11.7 Å². The SMILES string of the molecule is CCCOC1=CCC=C(C)C2=C1C(c1ccc(C#N)cc1C)C(C(C)=O)=C(C)C=N2. The molecule has 3 rings (SSSR count). The van der Waals surface area contributed by atoms with Gasteiger partial charge < -0.3 is 4.74 Å². The molecule has 0 amide bonds. The fourth-order valence-corrected chi connectivity index (χ4v) is 4.14. The first-order valence-corrected chi connectivity index (χ1v) is 10.4. The molecule has 0 spiro atoms. The molecule has 0 radical (unpaired) electrons. The molecule has 0 bridgehead atoms. The molecular formula is C26H28N2O2. The number of aliphatic imine (C=N–C) groups is 1. The van der Waals surface area contributed by atoms with Crippen molar-refractivity contribution in [3.8, 4) is 6.07 Å². The van der Waals surface area contributed by atoms with E-state index in [1.165, 1.54) is 0 Å². The molecule has 2 aliphatic rings. The minimum atomic E-state index is -0.308. The summed E-state index contributed by atoms with van der Waals surface area (Å²) < 4.78 is 6.20. The van der Waals surface area contributed by atoms with Gasteiger partial charge in [-0.05, 0) is 81.0 Å². The summed E-state index contributed by atoms with van der Waals surface area (Å²) in [6.45, 7) is 10.3. The van der Waals surface area contributed by atoms with Crippen molar-refractivity contribution < 1.29 is 9.53 Å². The van der Waals surface area contributed by atoms with Gasteiger partial charge in [0, 0.05) is 23.3 Å². The minimum absolute atomic E-state index is 0.0159. The third kappa shape index (κ3) is 4.07. The topological polar surface area (TPSA) is 62.4 Å². The van der Waals surface area contributed by atoms with Crippen molar-refractivity contribution in [2.24, 2.45) is 4.99 Å². The lowest BCUT2D eigenvalue weighted by Crippen LogP contribution is -2.18. The number of ether oxygens (including phenoxy) is 1. The van der Waals surface area contributed by atoms with Crippen LogP contribution in [0.5, 0.6) is 0 Å². The van der Waals surface area contributed by atoms with Crippen LogP contribution in [0.1, 0.15) is 63.1 Å². The summed E-state index contributed by atoms with van der Waals surface area (Å²) in [5.74, 6) is 0.499. The molecular weight excluding hydrogens is 372 g/mol. The van der Waals surface area contributed by atoms with Gasteiger partial charge in [0.05, 0.1) is 23.9 Å². The van der Waals surface area contributed by atoms with Crippen LogP contribution >= 0.6 is 0 Å². The highest BCUT2D eigenvalue weighted by atomic mass is 16.5. The van der Waals surface area contributed by atoms with Crippen LogP contribution in [0, 0.1) is 18.3 Å². The maximum Gasteiger partial charge on any atom is 0.157 e. The Labute approximate surface area is 179 Å². The monoisotopic (exact) mass is 400 g/mol. The second kappa shape index (κ2) is 9.09. The summed E-state index contributed by atoms with van der Waals surface area (Å²) in [5, 5.41) is 9.31. The maximum atomic E-state index is 12.9. The summed E-state index contributed by atoms with van der Waals surface area (Å²) in [6.07, 6.45) is 7.67. The average molecular weight is 401 g/mol. The molecule has 0 aromatic heterocycles. The van der Waals surface area contributed by atoms with E-state index in [0.29, 0.717) is 12.2 Å². The molecule has 0 fully saturated rings. The summed E-state index contributed by atoms with van der Waals surface area (Å²) in [5.41, 5.74) is 7.01. The van der Waals surface area contributed by atoms with Crippen LogP contribution < -0.4 is 0 Å². The van der Waals surface area contributed by atoms with Crippen LogP contribution in [0.25, 0.3) is 0 Å².